The van der Waals surface area contributed by atoms with E-state index < -0.39 is 64.2 Å². The van der Waals surface area contributed by atoms with Crippen molar-refractivity contribution in [3.05, 3.63) is 149 Å². The summed E-state index contributed by atoms with van der Waals surface area (Å²) in [4.78, 5) is 64.4. The molecule has 76 heavy (non-hydrogen) atoms. The second-order valence-electron chi connectivity index (χ2n) is 20.2. The van der Waals surface area contributed by atoms with E-state index in [0.29, 0.717) is 42.4 Å². The van der Waals surface area contributed by atoms with Crippen LogP contribution in [0.15, 0.2) is 121 Å². The fourth-order valence-electron chi connectivity index (χ4n) is 9.14. The molecule has 19 heteroatoms. The van der Waals surface area contributed by atoms with Crippen LogP contribution in [0.25, 0.3) is 21.6 Å². The lowest BCUT2D eigenvalue weighted by molar-refractivity contribution is -0.142. The number of aliphatic hydroxyl groups is 1. The molecule has 14 nitrogen and oxygen atoms in total. The Labute approximate surface area is 448 Å². The van der Waals surface area contributed by atoms with Gasteiger partial charge in [-0.15, -0.1) is 11.3 Å². The number of likely N-dealkylation sites (tertiary alicyclic amines) is 1. The van der Waals surface area contributed by atoms with E-state index in [2.05, 4.69) is 15.6 Å². The van der Waals surface area contributed by atoms with Gasteiger partial charge < -0.3 is 35.0 Å². The number of carbonyl (C=O) groups excluding carboxylic acids is 4. The maximum atomic E-state index is 14.2. The highest BCUT2D eigenvalue weighted by Gasteiger charge is 2.51. The highest BCUT2D eigenvalue weighted by molar-refractivity contribution is 7.81. The van der Waals surface area contributed by atoms with E-state index in [1.54, 1.807) is 78.1 Å². The Morgan fingerprint density at radius 2 is 1.46 bits per heavy atom. The molecule has 3 heterocycles. The van der Waals surface area contributed by atoms with Gasteiger partial charge in [0.05, 0.1) is 58.3 Å². The number of alkyl halides is 3. The summed E-state index contributed by atoms with van der Waals surface area (Å²) >= 11 is 7.24. The fourth-order valence-corrected chi connectivity index (χ4v) is 10.5. The van der Waals surface area contributed by atoms with Crippen LogP contribution in [0.5, 0.6) is 11.5 Å². The number of halogens is 3. The first-order valence-corrected chi connectivity index (χ1v) is 25.8. The number of nitrogens with one attached hydrogen (secondary N) is 2. The molecule has 5 aromatic carbocycles. The Morgan fingerprint density at radius 3 is 2.03 bits per heavy atom. The molecule has 3 N–H and O–H groups in total. The summed E-state index contributed by atoms with van der Waals surface area (Å²) in [5.41, 5.74) is 3.52. The van der Waals surface area contributed by atoms with E-state index in [9.17, 15) is 42.7 Å². The number of hydrogen-bond donors (Lipinski definition) is 3. The molecule has 1 unspecified atom stereocenters. The van der Waals surface area contributed by atoms with Crippen LogP contribution in [0, 0.1) is 23.7 Å². The lowest BCUT2D eigenvalue weighted by Crippen LogP contribution is -2.57. The molecule has 2 fully saturated rings. The topological polar surface area (TPSA) is 177 Å². The third-order valence-corrected chi connectivity index (χ3v) is 14.6. The minimum Gasteiger partial charge on any atom is -0.493 e. The van der Waals surface area contributed by atoms with E-state index in [-0.39, 0.29) is 36.2 Å². The maximum absolute atomic E-state index is 14.2. The second kappa shape index (κ2) is 22.3. The standard InChI is InChI=1S/C57H56F3N7O7S2/c1-34-48(76-33-63-34)38-10-8-35(9-11-38)31-62-51(70)47-29-43(68)32-65(47)52(71)49(55(2,3)4)64-50(69)39-17-24-45(25-18-39)74-27-7-26-73-44-22-15-37(16-23-44)36-12-19-41(20-13-36)67-54(75)66(53(72)56(67,5)6)42-21-14-40(30-61)46(28-42)57(58,59)60/h8-25,28,33,43,47,49,68H,7,26-27,29,31-32H2,1-6H3,(H,62,70)(H,64,69)/t43-,47+,49?/m1/s1. The summed E-state index contributed by atoms with van der Waals surface area (Å²) in [5, 5.41) is 25.7. The van der Waals surface area contributed by atoms with Crippen LogP contribution in [-0.4, -0.2) is 87.2 Å². The molecule has 2 saturated heterocycles. The number of nitrogens with zero attached hydrogens (tertiary/aromatic N) is 5. The normalized spacial score (nSPS) is 16.8. The number of amides is 4. The van der Waals surface area contributed by atoms with Crippen molar-refractivity contribution < 1.29 is 46.9 Å². The van der Waals surface area contributed by atoms with Gasteiger partial charge in [-0.2, -0.15) is 18.4 Å². The number of aromatic nitrogens is 1. The van der Waals surface area contributed by atoms with Crippen molar-refractivity contribution in [1.29, 1.82) is 5.26 Å². The Morgan fingerprint density at radius 1 is 0.882 bits per heavy atom. The van der Waals surface area contributed by atoms with Crippen molar-refractivity contribution in [3.63, 3.8) is 0 Å². The number of β-amino-alcohol motifs (C(OH)–C–C–N with tert-alkyl or cyclic N) is 1. The van der Waals surface area contributed by atoms with Gasteiger partial charge in [0.25, 0.3) is 11.8 Å². The number of thiocarbonyl (C=S) groups is 1. The predicted molar refractivity (Wildman–Crippen MR) is 288 cm³/mol. The van der Waals surface area contributed by atoms with Gasteiger partial charge in [0, 0.05) is 37.2 Å². The van der Waals surface area contributed by atoms with Crippen LogP contribution in [0.4, 0.5) is 24.5 Å². The van der Waals surface area contributed by atoms with Crippen LogP contribution >= 0.6 is 23.6 Å². The first kappa shape index (κ1) is 54.6. The number of thiazole rings is 1. The van der Waals surface area contributed by atoms with Gasteiger partial charge in [0.1, 0.15) is 29.1 Å². The van der Waals surface area contributed by atoms with Crippen LogP contribution in [0.2, 0.25) is 0 Å². The fraction of sp³-hybridized carbons (Fsp3) is 0.316. The zero-order valence-electron chi connectivity index (χ0n) is 42.6. The highest BCUT2D eigenvalue weighted by Crippen LogP contribution is 2.40. The Hall–Kier alpha value is -7.66. The molecule has 2 aliphatic rings. The highest BCUT2D eigenvalue weighted by atomic mass is 32.1. The number of carbonyl (C=O) groups is 4. The molecule has 0 bridgehead atoms. The van der Waals surface area contributed by atoms with Crippen LogP contribution in [-0.2, 0) is 27.1 Å². The summed E-state index contributed by atoms with van der Waals surface area (Å²) in [5.74, 6) is -0.674. The zero-order chi connectivity index (χ0) is 54.7. The van der Waals surface area contributed by atoms with E-state index in [1.165, 1.54) is 11.0 Å². The van der Waals surface area contributed by atoms with Crippen LogP contribution in [0.1, 0.15) is 80.2 Å². The molecule has 8 rings (SSSR count). The van der Waals surface area contributed by atoms with Gasteiger partial charge >= 0.3 is 6.18 Å². The van der Waals surface area contributed by atoms with E-state index in [0.717, 1.165) is 49.9 Å². The molecule has 0 radical (unpaired) electrons. The van der Waals surface area contributed by atoms with Gasteiger partial charge in [-0.1, -0.05) is 69.3 Å². The molecule has 4 amide bonds. The molecule has 1 aromatic heterocycles. The van der Waals surface area contributed by atoms with Gasteiger partial charge in [-0.05, 0) is 127 Å². The van der Waals surface area contributed by atoms with Gasteiger partial charge in [-0.25, -0.2) is 4.98 Å². The maximum Gasteiger partial charge on any atom is 0.417 e. The SMILES string of the molecule is Cc1ncsc1-c1ccc(CNC(=O)[C@@H]2C[C@@H](O)CN2C(=O)C(NC(=O)c2ccc(OCCCOc3ccc(-c4ccc(N5C(=S)N(c6ccc(C#N)c(C(F)(F)F)c6)C(=O)C5(C)C)cc4)cc3)cc2)C(C)(C)C)cc1. The lowest BCUT2D eigenvalue weighted by Gasteiger charge is -2.35. The molecule has 394 valence electrons. The van der Waals surface area contributed by atoms with Crippen molar-refractivity contribution in [2.45, 2.75) is 90.8 Å². The number of aryl methyl sites for hydroxylation is 1. The van der Waals surface area contributed by atoms with Gasteiger partial charge in [0.2, 0.25) is 11.8 Å². The average molecular weight is 1070 g/mol. The van der Waals surface area contributed by atoms with Crippen molar-refractivity contribution >= 4 is 63.7 Å². The molecular formula is C57H56F3N7O7S2. The van der Waals surface area contributed by atoms with E-state index >= 15 is 0 Å². The quantitative estimate of drug-likeness (QED) is 0.0621. The average Bonchev–Trinajstić information content (AvgIpc) is 4.08. The van der Waals surface area contributed by atoms with Crippen LogP contribution in [0.3, 0.4) is 0 Å². The van der Waals surface area contributed by atoms with Crippen molar-refractivity contribution in [3.8, 4) is 39.1 Å². The van der Waals surface area contributed by atoms with Gasteiger partial charge in [-0.3, -0.25) is 24.1 Å². The van der Waals surface area contributed by atoms with Crippen LogP contribution < -0.4 is 29.9 Å². The van der Waals surface area contributed by atoms with E-state index in [4.69, 9.17) is 21.7 Å². The molecule has 3 atom stereocenters. The largest absolute Gasteiger partial charge is 0.493 e. The summed E-state index contributed by atoms with van der Waals surface area (Å²) in [6, 6.07) is 31.9. The Kier molecular flexibility index (Phi) is 16.0. The summed E-state index contributed by atoms with van der Waals surface area (Å²) in [6.07, 6.45) is -5.08. The molecule has 2 aliphatic heterocycles. The van der Waals surface area contributed by atoms with E-state index in [1.807, 2.05) is 88.4 Å². The molecule has 6 aromatic rings. The summed E-state index contributed by atoms with van der Waals surface area (Å²) < 4.78 is 53.2. The first-order valence-electron chi connectivity index (χ1n) is 24.5. The Bertz CT molecular complexity index is 3170. The smallest absolute Gasteiger partial charge is 0.417 e. The molecule has 0 spiro atoms. The number of aliphatic hydroxyl groups excluding tert-OH is 1. The molecule has 0 aliphatic carbocycles. The monoisotopic (exact) mass is 1070 g/mol. The zero-order valence-corrected chi connectivity index (χ0v) is 44.2. The second-order valence-corrected chi connectivity index (χ2v) is 21.4. The first-order chi connectivity index (χ1) is 36.0. The number of ether oxygens (including phenoxy) is 2. The number of anilines is 2. The van der Waals surface area contributed by atoms with Gasteiger partial charge in [0.15, 0.2) is 5.11 Å². The van der Waals surface area contributed by atoms with Crippen molar-refractivity contribution in [1.82, 2.24) is 20.5 Å². The minimum absolute atomic E-state index is 0.00381. The number of rotatable bonds is 16. The number of benzene rings is 5. The minimum atomic E-state index is -4.81. The Balaban J connectivity index is 0.794. The summed E-state index contributed by atoms with van der Waals surface area (Å²) in [7, 11) is 0. The number of nitriles is 1. The molecule has 0 saturated carbocycles. The third kappa shape index (κ3) is 11.9. The third-order valence-electron chi connectivity index (χ3n) is 13.3. The summed E-state index contributed by atoms with van der Waals surface area (Å²) in [6.45, 7) is 11.6. The predicted octanol–water partition coefficient (Wildman–Crippen LogP) is 9.86. The van der Waals surface area contributed by atoms with Crippen molar-refractivity contribution in [2.75, 3.05) is 29.6 Å². The molecular weight excluding hydrogens is 1020 g/mol. The number of hydrogen-bond acceptors (Lipinski definition) is 11. The lowest BCUT2D eigenvalue weighted by atomic mass is 9.85. The van der Waals surface area contributed by atoms with Crippen molar-refractivity contribution in [2.24, 2.45) is 5.41 Å².